The van der Waals surface area contributed by atoms with Crippen LogP contribution in [0.2, 0.25) is 0 Å². The average Bonchev–Trinajstić information content (AvgIpc) is 3.54. The first-order chi connectivity index (χ1) is 17.1. The number of fused-ring (bicyclic) bond motifs is 1. The molecule has 1 fully saturated rings. The summed E-state index contributed by atoms with van der Waals surface area (Å²) in [5, 5.41) is 37.0. The van der Waals surface area contributed by atoms with E-state index >= 15 is 0 Å². The summed E-state index contributed by atoms with van der Waals surface area (Å²) in [6.07, 6.45) is -0.234. The molecular weight excluding hydrogens is 555 g/mol. The molecule has 2 aromatic rings. The number of amides is 2. The number of carbonyl (C=O) groups is 3. The molecule has 194 valence electrons. The number of sulfonamides is 1. The highest BCUT2D eigenvalue weighted by Crippen LogP contribution is 2.44. The molecule has 5 N–H and O–H groups in total. The van der Waals surface area contributed by atoms with Gasteiger partial charge in [-0.05, 0) is 28.7 Å². The number of aliphatic carboxylic acids is 1. The number of β-lactam (4-membered cyclic amide) rings is 1. The van der Waals surface area contributed by atoms with Crippen molar-refractivity contribution in [3.63, 3.8) is 0 Å². The van der Waals surface area contributed by atoms with Crippen LogP contribution in [-0.4, -0.2) is 97.2 Å². The smallest absolute Gasteiger partial charge is 0.352 e. The molecule has 18 heteroatoms. The van der Waals surface area contributed by atoms with Gasteiger partial charge in [0.1, 0.15) is 17.1 Å². The molecule has 0 aromatic carbocycles. The number of aliphatic hydroxyl groups is 1. The van der Waals surface area contributed by atoms with Crippen LogP contribution >= 0.6 is 34.9 Å². The van der Waals surface area contributed by atoms with E-state index in [1.54, 1.807) is 17.5 Å². The van der Waals surface area contributed by atoms with Gasteiger partial charge in [0.2, 0.25) is 15.2 Å². The largest absolute Gasteiger partial charge is 0.477 e. The number of hydrogen-bond acceptors (Lipinski definition) is 12. The van der Waals surface area contributed by atoms with Crippen LogP contribution in [0.3, 0.4) is 0 Å². The first-order valence-electron chi connectivity index (χ1n) is 10.3. The van der Waals surface area contributed by atoms with Gasteiger partial charge < -0.3 is 15.5 Å². The van der Waals surface area contributed by atoms with Gasteiger partial charge in [0.05, 0.1) is 6.26 Å². The molecular formula is C18H21N7O7S4. The van der Waals surface area contributed by atoms with Gasteiger partial charge in [-0.2, -0.15) is 5.21 Å². The van der Waals surface area contributed by atoms with E-state index < -0.39 is 50.6 Å². The Morgan fingerprint density at radius 3 is 2.81 bits per heavy atom. The summed E-state index contributed by atoms with van der Waals surface area (Å²) in [7, 11) is -3.47. The molecule has 4 atom stereocenters. The van der Waals surface area contributed by atoms with Crippen molar-refractivity contribution < 1.29 is 33.0 Å². The molecule has 2 aliphatic heterocycles. The predicted octanol–water partition coefficient (Wildman–Crippen LogP) is -0.867. The Morgan fingerprint density at radius 1 is 1.42 bits per heavy atom. The highest BCUT2D eigenvalue weighted by atomic mass is 32.2. The van der Waals surface area contributed by atoms with Crippen LogP contribution in [0.5, 0.6) is 0 Å². The van der Waals surface area contributed by atoms with Crippen molar-refractivity contribution in [3.8, 4) is 0 Å². The lowest BCUT2D eigenvalue weighted by Crippen LogP contribution is -2.71. The zero-order chi connectivity index (χ0) is 26.0. The second-order valence-corrected chi connectivity index (χ2v) is 12.8. The lowest BCUT2D eigenvalue weighted by Gasteiger charge is -2.50. The van der Waals surface area contributed by atoms with Crippen LogP contribution in [0.15, 0.2) is 33.9 Å². The lowest BCUT2D eigenvalue weighted by atomic mass is 10.00. The summed E-state index contributed by atoms with van der Waals surface area (Å²) in [4.78, 5) is 39.3. The number of H-pyrrole nitrogens is 1. The number of nitrogens with one attached hydrogen (secondary N) is 3. The van der Waals surface area contributed by atoms with E-state index in [-0.39, 0.29) is 29.6 Å². The van der Waals surface area contributed by atoms with E-state index in [1.807, 2.05) is 0 Å². The van der Waals surface area contributed by atoms with Crippen molar-refractivity contribution in [2.24, 2.45) is 0 Å². The van der Waals surface area contributed by atoms with Crippen molar-refractivity contribution in [2.45, 2.75) is 34.3 Å². The van der Waals surface area contributed by atoms with Gasteiger partial charge >= 0.3 is 5.97 Å². The van der Waals surface area contributed by atoms with Crippen molar-refractivity contribution in [2.75, 3.05) is 18.6 Å². The third-order valence-corrected chi connectivity index (χ3v) is 9.44. The third kappa shape index (κ3) is 5.73. The van der Waals surface area contributed by atoms with E-state index in [4.69, 9.17) is 0 Å². The van der Waals surface area contributed by atoms with Gasteiger partial charge in [0, 0.05) is 22.4 Å². The second kappa shape index (κ2) is 10.9. The Morgan fingerprint density at radius 2 is 2.19 bits per heavy atom. The van der Waals surface area contributed by atoms with Gasteiger partial charge in [-0.1, -0.05) is 17.8 Å². The number of nitrogens with zero attached hydrogens (tertiary/aromatic N) is 4. The Bertz CT molecular complexity index is 1270. The maximum atomic E-state index is 13.0. The molecule has 2 aliphatic rings. The zero-order valence-electron chi connectivity index (χ0n) is 18.5. The fraction of sp³-hybridized carbons (Fsp3) is 0.444. The molecule has 0 spiro atoms. The number of aromatic nitrogens is 4. The molecule has 0 radical (unpaired) electrons. The van der Waals surface area contributed by atoms with Gasteiger partial charge in [0.25, 0.3) is 11.8 Å². The summed E-state index contributed by atoms with van der Waals surface area (Å²) in [5.41, 5.74) is 0.166. The van der Waals surface area contributed by atoms with E-state index in [2.05, 4.69) is 30.7 Å². The average molecular weight is 576 g/mol. The molecule has 2 amide bonds. The predicted molar refractivity (Wildman–Crippen MR) is 130 cm³/mol. The van der Waals surface area contributed by atoms with Crippen molar-refractivity contribution >= 4 is 62.7 Å². The number of hydrogen-bond donors (Lipinski definition) is 5. The number of carbonyl (C=O) groups excluding carboxylic acids is 2. The first-order valence-corrected chi connectivity index (χ1v) is 15.0. The van der Waals surface area contributed by atoms with E-state index in [0.29, 0.717) is 10.5 Å². The lowest BCUT2D eigenvalue weighted by molar-refractivity contribution is -0.151. The summed E-state index contributed by atoms with van der Waals surface area (Å²) >= 11 is 3.54. The highest BCUT2D eigenvalue weighted by Gasteiger charge is 2.55. The van der Waals surface area contributed by atoms with Crippen LogP contribution in [0, 0.1) is 0 Å². The molecule has 2 unspecified atom stereocenters. The Hall–Kier alpha value is -2.51. The summed E-state index contributed by atoms with van der Waals surface area (Å²) in [6, 6.07) is 2.28. The molecule has 0 saturated carbocycles. The van der Waals surface area contributed by atoms with E-state index in [0.717, 1.165) is 22.9 Å². The van der Waals surface area contributed by atoms with Crippen molar-refractivity contribution in [3.05, 3.63) is 33.7 Å². The number of carboxylic acid groups (broad SMARTS) is 1. The standard InChI is InChI=1S/C18H21N7O7S4/c1-36(31,32)19-5-4-9(35-18-21-23-24-22-18)8-7-34-16-11(15(28)25(16)12(8)17(29)30)20-14(27)13(26)10-3-2-6-33-10/h2-3,6,9,11,13,16,19,26H,4-5,7H2,1H3,(H,20,27)(H,29,30)(H,21,22,23,24)/t9?,11-,13?,16+/m1/s1. The minimum Gasteiger partial charge on any atom is -0.477 e. The number of thiophene rings is 1. The summed E-state index contributed by atoms with van der Waals surface area (Å²) in [6.45, 7) is 0.0199. The number of thioether (sulfide) groups is 2. The zero-order valence-corrected chi connectivity index (χ0v) is 21.8. The Kier molecular flexibility index (Phi) is 8.00. The van der Waals surface area contributed by atoms with Crippen LogP contribution in [0.25, 0.3) is 0 Å². The molecule has 0 bridgehead atoms. The molecule has 36 heavy (non-hydrogen) atoms. The van der Waals surface area contributed by atoms with Crippen LogP contribution in [0.4, 0.5) is 0 Å². The van der Waals surface area contributed by atoms with Crippen LogP contribution in [0.1, 0.15) is 17.4 Å². The second-order valence-electron chi connectivity index (χ2n) is 7.75. The molecule has 14 nitrogen and oxygen atoms in total. The molecule has 4 heterocycles. The van der Waals surface area contributed by atoms with Crippen LogP contribution in [-0.2, 0) is 24.4 Å². The summed E-state index contributed by atoms with van der Waals surface area (Å²) < 4.78 is 25.4. The molecule has 1 saturated heterocycles. The highest BCUT2D eigenvalue weighted by molar-refractivity contribution is 8.01. The van der Waals surface area contributed by atoms with Crippen molar-refractivity contribution in [1.29, 1.82) is 0 Å². The Labute approximate surface area is 217 Å². The fourth-order valence-corrected chi connectivity index (χ4v) is 7.44. The maximum Gasteiger partial charge on any atom is 0.352 e. The van der Waals surface area contributed by atoms with Gasteiger partial charge in [-0.3, -0.25) is 14.5 Å². The third-order valence-electron chi connectivity index (χ3n) is 5.29. The monoisotopic (exact) mass is 575 g/mol. The molecule has 4 rings (SSSR count). The number of carboxylic acids is 1. The van der Waals surface area contributed by atoms with E-state index in [9.17, 15) is 33.0 Å². The number of aromatic amines is 1. The van der Waals surface area contributed by atoms with Crippen LogP contribution < -0.4 is 10.0 Å². The van der Waals surface area contributed by atoms with Gasteiger partial charge in [-0.15, -0.1) is 33.3 Å². The number of rotatable bonds is 11. The Balaban J connectivity index is 1.55. The van der Waals surface area contributed by atoms with Gasteiger partial charge in [0.15, 0.2) is 6.10 Å². The van der Waals surface area contributed by atoms with E-state index in [1.165, 1.54) is 23.1 Å². The topological polar surface area (TPSA) is 208 Å². The maximum absolute atomic E-state index is 13.0. The summed E-state index contributed by atoms with van der Waals surface area (Å²) in [5.74, 6) is -2.50. The minimum atomic E-state index is -3.47. The fourth-order valence-electron chi connectivity index (χ4n) is 3.71. The molecule has 0 aliphatic carbocycles. The quantitative estimate of drug-likeness (QED) is 0.164. The van der Waals surface area contributed by atoms with Gasteiger partial charge in [-0.25, -0.2) is 17.9 Å². The van der Waals surface area contributed by atoms with Crippen molar-refractivity contribution in [1.82, 2.24) is 35.6 Å². The normalized spacial score (nSPS) is 21.5. The molecule has 2 aromatic heterocycles. The number of tetrazole rings is 1. The number of aliphatic hydroxyl groups excluding tert-OH is 1. The minimum absolute atomic E-state index is 0.0199. The SMILES string of the molecule is CS(=O)(=O)NCCC(Sc1nn[nH]n1)C1=C(C(=O)O)N2C(=O)[C@@H](NC(=O)C(O)c3cccs3)[C@@H]2SC1. The first kappa shape index (κ1) is 26.6.